The van der Waals surface area contributed by atoms with Crippen molar-refractivity contribution >= 4 is 6.08 Å². The summed E-state index contributed by atoms with van der Waals surface area (Å²) in [7, 11) is 1.70. The van der Waals surface area contributed by atoms with Crippen molar-refractivity contribution in [3.05, 3.63) is 28.8 Å². The lowest BCUT2D eigenvalue weighted by molar-refractivity contribution is 0.157. The standard InChI is InChI=1S/C14H18O2/c1-9-8-12(15-5)10(2)11-6-7-14(3,4)16-13(9)11/h6-8H,1-5H3. The van der Waals surface area contributed by atoms with Crippen LogP contribution in [0, 0.1) is 13.8 Å². The van der Waals surface area contributed by atoms with Crippen molar-refractivity contribution in [3.8, 4) is 11.5 Å². The summed E-state index contributed by atoms with van der Waals surface area (Å²) in [5.41, 5.74) is 3.17. The van der Waals surface area contributed by atoms with Crippen molar-refractivity contribution in [2.45, 2.75) is 33.3 Å². The third-order valence-electron chi connectivity index (χ3n) is 2.96. The van der Waals surface area contributed by atoms with Crippen LogP contribution in [-0.4, -0.2) is 12.7 Å². The van der Waals surface area contributed by atoms with Gasteiger partial charge in [-0.05, 0) is 45.4 Å². The number of hydrogen-bond donors (Lipinski definition) is 0. The molecule has 2 nitrogen and oxygen atoms in total. The largest absolute Gasteiger partial charge is 0.496 e. The van der Waals surface area contributed by atoms with Gasteiger partial charge in [-0.3, -0.25) is 0 Å². The van der Waals surface area contributed by atoms with E-state index in [0.717, 1.165) is 28.2 Å². The van der Waals surface area contributed by atoms with Crippen molar-refractivity contribution in [2.24, 2.45) is 0 Å². The number of methoxy groups -OCH3 is 1. The molecule has 1 aliphatic rings. The van der Waals surface area contributed by atoms with Crippen molar-refractivity contribution in [3.63, 3.8) is 0 Å². The van der Waals surface area contributed by atoms with Crippen LogP contribution in [-0.2, 0) is 0 Å². The van der Waals surface area contributed by atoms with Crippen LogP contribution in [0.25, 0.3) is 6.08 Å². The Morgan fingerprint density at radius 1 is 1.25 bits per heavy atom. The van der Waals surface area contributed by atoms with Gasteiger partial charge in [-0.15, -0.1) is 0 Å². The Morgan fingerprint density at radius 3 is 2.56 bits per heavy atom. The van der Waals surface area contributed by atoms with Crippen LogP contribution in [0.15, 0.2) is 12.1 Å². The van der Waals surface area contributed by atoms with Gasteiger partial charge in [-0.25, -0.2) is 0 Å². The van der Waals surface area contributed by atoms with E-state index in [0.29, 0.717) is 0 Å². The fourth-order valence-electron chi connectivity index (χ4n) is 2.02. The second-order valence-electron chi connectivity index (χ2n) is 4.80. The van der Waals surface area contributed by atoms with Crippen LogP contribution in [0.5, 0.6) is 11.5 Å². The lowest BCUT2D eigenvalue weighted by Gasteiger charge is -2.30. The SMILES string of the molecule is COc1cc(C)c2c(c1C)C=CC(C)(C)O2. The average Bonchev–Trinajstić information content (AvgIpc) is 2.22. The second-order valence-corrected chi connectivity index (χ2v) is 4.80. The molecule has 0 aromatic heterocycles. The topological polar surface area (TPSA) is 18.5 Å². The molecule has 0 atom stereocenters. The third-order valence-corrected chi connectivity index (χ3v) is 2.96. The van der Waals surface area contributed by atoms with E-state index in [1.807, 2.05) is 6.07 Å². The van der Waals surface area contributed by atoms with Gasteiger partial charge in [0.2, 0.25) is 0 Å². The summed E-state index contributed by atoms with van der Waals surface area (Å²) in [4.78, 5) is 0. The van der Waals surface area contributed by atoms with Gasteiger partial charge in [-0.2, -0.15) is 0 Å². The van der Waals surface area contributed by atoms with E-state index in [1.54, 1.807) is 7.11 Å². The first-order valence-electron chi connectivity index (χ1n) is 5.51. The van der Waals surface area contributed by atoms with Crippen LogP contribution >= 0.6 is 0 Å². The molecule has 0 bridgehead atoms. The fourth-order valence-corrected chi connectivity index (χ4v) is 2.02. The molecule has 86 valence electrons. The molecule has 2 rings (SSSR count). The minimum Gasteiger partial charge on any atom is -0.496 e. The molecule has 0 amide bonds. The van der Waals surface area contributed by atoms with Gasteiger partial charge in [0.25, 0.3) is 0 Å². The van der Waals surface area contributed by atoms with Crippen LogP contribution in [0.2, 0.25) is 0 Å². The highest BCUT2D eigenvalue weighted by molar-refractivity contribution is 5.69. The lowest BCUT2D eigenvalue weighted by atomic mass is 9.96. The van der Waals surface area contributed by atoms with Crippen molar-refractivity contribution < 1.29 is 9.47 Å². The number of hydrogen-bond acceptors (Lipinski definition) is 2. The number of rotatable bonds is 1. The summed E-state index contributed by atoms with van der Waals surface area (Å²) < 4.78 is 11.3. The minimum absolute atomic E-state index is 0.223. The molecule has 1 aromatic rings. The summed E-state index contributed by atoms with van der Waals surface area (Å²) in [5, 5.41) is 0. The van der Waals surface area contributed by atoms with E-state index in [-0.39, 0.29) is 5.60 Å². The molecular weight excluding hydrogens is 200 g/mol. The van der Waals surface area contributed by atoms with Crippen LogP contribution < -0.4 is 9.47 Å². The monoisotopic (exact) mass is 218 g/mol. The molecule has 16 heavy (non-hydrogen) atoms. The predicted molar refractivity (Wildman–Crippen MR) is 66.2 cm³/mol. The van der Waals surface area contributed by atoms with Crippen molar-refractivity contribution in [1.29, 1.82) is 0 Å². The first-order chi connectivity index (χ1) is 7.44. The predicted octanol–water partition coefficient (Wildman–Crippen LogP) is 3.50. The Balaban J connectivity index is 2.63. The molecule has 0 radical (unpaired) electrons. The smallest absolute Gasteiger partial charge is 0.131 e. The first kappa shape index (κ1) is 11.1. The van der Waals surface area contributed by atoms with Crippen molar-refractivity contribution in [2.75, 3.05) is 7.11 Å². The average molecular weight is 218 g/mol. The van der Waals surface area contributed by atoms with E-state index in [4.69, 9.17) is 9.47 Å². The number of aryl methyl sites for hydroxylation is 1. The number of fused-ring (bicyclic) bond motifs is 1. The third kappa shape index (κ3) is 1.69. The Morgan fingerprint density at radius 2 is 1.94 bits per heavy atom. The zero-order chi connectivity index (χ0) is 11.9. The summed E-state index contributed by atoms with van der Waals surface area (Å²) in [6, 6.07) is 2.03. The Hall–Kier alpha value is -1.44. The molecule has 0 spiro atoms. The van der Waals surface area contributed by atoms with Crippen LogP contribution in [0.3, 0.4) is 0 Å². The maximum absolute atomic E-state index is 5.99. The second kappa shape index (κ2) is 3.55. The highest BCUT2D eigenvalue weighted by Crippen LogP contribution is 2.39. The Kier molecular flexibility index (Phi) is 2.45. The van der Waals surface area contributed by atoms with Crippen molar-refractivity contribution in [1.82, 2.24) is 0 Å². The van der Waals surface area contributed by atoms with E-state index in [1.165, 1.54) is 0 Å². The van der Waals surface area contributed by atoms with E-state index >= 15 is 0 Å². The summed E-state index contributed by atoms with van der Waals surface area (Å²) in [5.74, 6) is 1.90. The molecule has 1 aliphatic heterocycles. The summed E-state index contributed by atoms with van der Waals surface area (Å²) in [6.45, 7) is 8.23. The van der Waals surface area contributed by atoms with Gasteiger partial charge in [0, 0.05) is 11.1 Å². The van der Waals surface area contributed by atoms with Crippen LogP contribution in [0.4, 0.5) is 0 Å². The zero-order valence-corrected chi connectivity index (χ0v) is 10.5. The Bertz CT molecular complexity index is 456. The molecule has 2 heteroatoms. The van der Waals surface area contributed by atoms with E-state index in [9.17, 15) is 0 Å². The lowest BCUT2D eigenvalue weighted by Crippen LogP contribution is -2.28. The molecule has 0 saturated heterocycles. The maximum Gasteiger partial charge on any atom is 0.131 e. The number of ether oxygens (including phenoxy) is 2. The molecule has 0 fully saturated rings. The minimum atomic E-state index is -0.223. The zero-order valence-electron chi connectivity index (χ0n) is 10.5. The van der Waals surface area contributed by atoms with Gasteiger partial charge in [0.05, 0.1) is 7.11 Å². The maximum atomic E-state index is 5.99. The first-order valence-corrected chi connectivity index (χ1v) is 5.51. The molecule has 0 N–H and O–H groups in total. The summed E-state index contributed by atoms with van der Waals surface area (Å²) >= 11 is 0. The van der Waals surface area contributed by atoms with Gasteiger partial charge >= 0.3 is 0 Å². The molecule has 1 heterocycles. The quantitative estimate of drug-likeness (QED) is 0.718. The normalized spacial score (nSPS) is 16.6. The number of benzene rings is 1. The highest BCUT2D eigenvalue weighted by atomic mass is 16.5. The van der Waals surface area contributed by atoms with Gasteiger partial charge in [-0.1, -0.05) is 6.08 Å². The molecule has 0 aliphatic carbocycles. The Labute approximate surface area is 96.9 Å². The molecule has 0 saturated carbocycles. The molecular formula is C14H18O2. The fraction of sp³-hybridized carbons (Fsp3) is 0.429. The summed E-state index contributed by atoms with van der Waals surface area (Å²) in [6.07, 6.45) is 4.21. The molecule has 0 unspecified atom stereocenters. The van der Waals surface area contributed by atoms with E-state index in [2.05, 4.69) is 39.8 Å². The molecule has 1 aromatic carbocycles. The van der Waals surface area contributed by atoms with E-state index < -0.39 is 0 Å². The van der Waals surface area contributed by atoms with Gasteiger partial charge in [0.1, 0.15) is 17.1 Å². The van der Waals surface area contributed by atoms with Gasteiger partial charge < -0.3 is 9.47 Å². The van der Waals surface area contributed by atoms with Crippen LogP contribution in [0.1, 0.15) is 30.5 Å². The van der Waals surface area contributed by atoms with Gasteiger partial charge in [0.15, 0.2) is 0 Å². The highest BCUT2D eigenvalue weighted by Gasteiger charge is 2.25.